The van der Waals surface area contributed by atoms with Gasteiger partial charge in [0.25, 0.3) is 0 Å². The third kappa shape index (κ3) is 4.63. The molecular weight excluding hydrogens is 250 g/mol. The molecule has 1 aromatic carbocycles. The summed E-state index contributed by atoms with van der Waals surface area (Å²) in [6.45, 7) is 5.27. The van der Waals surface area contributed by atoms with Crippen molar-refractivity contribution in [2.75, 3.05) is 6.54 Å². The summed E-state index contributed by atoms with van der Waals surface area (Å²) in [5, 5.41) is 3.49. The molecule has 0 amide bonds. The quantitative estimate of drug-likeness (QED) is 0.627. The Morgan fingerprint density at radius 2 is 2.27 bits per heavy atom. The van der Waals surface area contributed by atoms with Gasteiger partial charge in [-0.05, 0) is 44.5 Å². The fourth-order valence-electron chi connectivity index (χ4n) is 1.44. The van der Waals surface area contributed by atoms with Crippen molar-refractivity contribution in [3.8, 4) is 0 Å². The van der Waals surface area contributed by atoms with Crippen LogP contribution in [0.1, 0.15) is 31.9 Å². The molecule has 2 heteroatoms. The van der Waals surface area contributed by atoms with Crippen LogP contribution in [0.3, 0.4) is 0 Å². The molecule has 0 bridgehead atoms. The Bertz CT molecular complexity index is 320. The van der Waals surface area contributed by atoms with Crippen LogP contribution in [0.25, 0.3) is 0 Å². The van der Waals surface area contributed by atoms with E-state index in [1.165, 1.54) is 5.56 Å². The van der Waals surface area contributed by atoms with Gasteiger partial charge >= 0.3 is 0 Å². The van der Waals surface area contributed by atoms with Gasteiger partial charge in [0.15, 0.2) is 0 Å². The lowest BCUT2D eigenvalue weighted by atomic mass is 10.1. The van der Waals surface area contributed by atoms with E-state index in [2.05, 4.69) is 71.5 Å². The lowest BCUT2D eigenvalue weighted by Crippen LogP contribution is -2.19. The zero-order valence-corrected chi connectivity index (χ0v) is 10.9. The monoisotopic (exact) mass is 267 g/mol. The van der Waals surface area contributed by atoms with Crippen molar-refractivity contribution in [3.63, 3.8) is 0 Å². The minimum Gasteiger partial charge on any atom is -0.310 e. The third-order valence-electron chi connectivity index (χ3n) is 2.35. The highest BCUT2D eigenvalue weighted by atomic mass is 79.9. The highest BCUT2D eigenvalue weighted by Crippen LogP contribution is 2.17. The molecule has 0 aromatic heterocycles. The highest BCUT2D eigenvalue weighted by Gasteiger charge is 2.03. The third-order valence-corrected chi connectivity index (χ3v) is 2.84. The van der Waals surface area contributed by atoms with Crippen LogP contribution in [0.15, 0.2) is 40.9 Å². The summed E-state index contributed by atoms with van der Waals surface area (Å²) in [6, 6.07) is 8.85. The van der Waals surface area contributed by atoms with E-state index < -0.39 is 0 Å². The molecule has 1 aromatic rings. The van der Waals surface area contributed by atoms with Crippen LogP contribution < -0.4 is 5.32 Å². The van der Waals surface area contributed by atoms with Crippen molar-refractivity contribution >= 4 is 15.9 Å². The second-order valence-electron chi connectivity index (χ2n) is 3.59. The van der Waals surface area contributed by atoms with Gasteiger partial charge < -0.3 is 5.32 Å². The highest BCUT2D eigenvalue weighted by molar-refractivity contribution is 9.10. The van der Waals surface area contributed by atoms with Crippen molar-refractivity contribution in [1.82, 2.24) is 5.32 Å². The number of hydrogen-bond acceptors (Lipinski definition) is 1. The Balaban J connectivity index is 2.43. The van der Waals surface area contributed by atoms with Gasteiger partial charge in [-0.15, -0.1) is 0 Å². The zero-order chi connectivity index (χ0) is 11.1. The second-order valence-corrected chi connectivity index (χ2v) is 4.50. The van der Waals surface area contributed by atoms with Crippen LogP contribution in [-0.4, -0.2) is 6.54 Å². The smallest absolute Gasteiger partial charge is 0.0292 e. The maximum atomic E-state index is 3.49. The summed E-state index contributed by atoms with van der Waals surface area (Å²) in [5.74, 6) is 0. The molecule has 1 atom stereocenters. The van der Waals surface area contributed by atoms with E-state index in [1.54, 1.807) is 0 Å². The van der Waals surface area contributed by atoms with Crippen LogP contribution in [0, 0.1) is 0 Å². The number of nitrogens with one attached hydrogen (secondary N) is 1. The van der Waals surface area contributed by atoms with E-state index in [-0.39, 0.29) is 0 Å². The zero-order valence-electron chi connectivity index (χ0n) is 9.33. The SMILES string of the molecule is C/C=C/CCNC(C)c1cccc(Br)c1. The molecule has 1 nitrogen and oxygen atoms in total. The van der Waals surface area contributed by atoms with E-state index in [0.29, 0.717) is 6.04 Å². The molecule has 0 aliphatic heterocycles. The molecule has 1 unspecified atom stereocenters. The molecule has 0 fully saturated rings. The Morgan fingerprint density at radius 3 is 2.93 bits per heavy atom. The fourth-order valence-corrected chi connectivity index (χ4v) is 1.86. The van der Waals surface area contributed by atoms with Crippen molar-refractivity contribution < 1.29 is 0 Å². The van der Waals surface area contributed by atoms with Gasteiger partial charge in [-0.3, -0.25) is 0 Å². The summed E-state index contributed by atoms with van der Waals surface area (Å²) >= 11 is 3.48. The summed E-state index contributed by atoms with van der Waals surface area (Å²) in [4.78, 5) is 0. The molecule has 0 saturated carbocycles. The van der Waals surface area contributed by atoms with Crippen LogP contribution in [-0.2, 0) is 0 Å². The van der Waals surface area contributed by atoms with Gasteiger partial charge in [0.1, 0.15) is 0 Å². The van der Waals surface area contributed by atoms with E-state index in [1.807, 2.05) is 0 Å². The fraction of sp³-hybridized carbons (Fsp3) is 0.385. The minimum atomic E-state index is 0.410. The van der Waals surface area contributed by atoms with Crippen LogP contribution in [0.4, 0.5) is 0 Å². The molecule has 82 valence electrons. The van der Waals surface area contributed by atoms with E-state index in [4.69, 9.17) is 0 Å². The first kappa shape index (κ1) is 12.5. The second kappa shape index (κ2) is 6.81. The van der Waals surface area contributed by atoms with Gasteiger partial charge in [-0.2, -0.15) is 0 Å². The minimum absolute atomic E-state index is 0.410. The Labute approximate surface area is 101 Å². The van der Waals surface area contributed by atoms with Gasteiger partial charge in [0, 0.05) is 10.5 Å². The van der Waals surface area contributed by atoms with Crippen molar-refractivity contribution in [2.45, 2.75) is 26.3 Å². The lowest BCUT2D eigenvalue weighted by molar-refractivity contribution is 0.581. The maximum Gasteiger partial charge on any atom is 0.0292 e. The van der Waals surface area contributed by atoms with E-state index in [9.17, 15) is 0 Å². The molecular formula is C13H18BrN. The normalized spacial score (nSPS) is 13.3. The number of hydrogen-bond donors (Lipinski definition) is 1. The van der Waals surface area contributed by atoms with Crippen LogP contribution in [0.5, 0.6) is 0 Å². The van der Waals surface area contributed by atoms with Gasteiger partial charge in [-0.25, -0.2) is 0 Å². The molecule has 1 rings (SSSR count). The van der Waals surface area contributed by atoms with Crippen LogP contribution >= 0.6 is 15.9 Å². The van der Waals surface area contributed by atoms with Gasteiger partial charge in [-0.1, -0.05) is 40.2 Å². The average molecular weight is 268 g/mol. The summed E-state index contributed by atoms with van der Waals surface area (Å²) in [5.41, 5.74) is 1.32. The Morgan fingerprint density at radius 1 is 1.47 bits per heavy atom. The average Bonchev–Trinajstić information content (AvgIpc) is 2.24. The van der Waals surface area contributed by atoms with Gasteiger partial charge in [0.2, 0.25) is 0 Å². The topological polar surface area (TPSA) is 12.0 Å². The first-order valence-corrected chi connectivity index (χ1v) is 6.13. The summed E-state index contributed by atoms with van der Waals surface area (Å²) < 4.78 is 1.14. The molecule has 15 heavy (non-hydrogen) atoms. The number of rotatable bonds is 5. The number of benzene rings is 1. The predicted octanol–water partition coefficient (Wildman–Crippen LogP) is 4.07. The van der Waals surface area contributed by atoms with Crippen molar-refractivity contribution in [1.29, 1.82) is 0 Å². The Kier molecular flexibility index (Phi) is 5.66. The molecule has 0 heterocycles. The first-order chi connectivity index (χ1) is 7.24. The predicted molar refractivity (Wildman–Crippen MR) is 70.0 cm³/mol. The van der Waals surface area contributed by atoms with Crippen LogP contribution in [0.2, 0.25) is 0 Å². The summed E-state index contributed by atoms with van der Waals surface area (Å²) in [7, 11) is 0. The van der Waals surface area contributed by atoms with Gasteiger partial charge in [0.05, 0.1) is 0 Å². The van der Waals surface area contributed by atoms with E-state index in [0.717, 1.165) is 17.4 Å². The molecule has 0 aliphatic rings. The molecule has 0 saturated heterocycles. The Hall–Kier alpha value is -0.600. The molecule has 1 N–H and O–H groups in total. The molecule has 0 spiro atoms. The number of allylic oxidation sites excluding steroid dienone is 1. The standard InChI is InChI=1S/C13H18BrN/c1-3-4-5-9-15-11(2)12-7-6-8-13(14)10-12/h3-4,6-8,10-11,15H,5,9H2,1-2H3/b4-3+. The molecule has 0 aliphatic carbocycles. The lowest BCUT2D eigenvalue weighted by Gasteiger charge is -2.13. The van der Waals surface area contributed by atoms with Crippen molar-refractivity contribution in [2.24, 2.45) is 0 Å². The number of halogens is 1. The molecule has 0 radical (unpaired) electrons. The summed E-state index contributed by atoms with van der Waals surface area (Å²) in [6.07, 6.45) is 5.36. The van der Waals surface area contributed by atoms with E-state index >= 15 is 0 Å². The largest absolute Gasteiger partial charge is 0.310 e. The maximum absolute atomic E-state index is 3.49. The van der Waals surface area contributed by atoms with Crippen molar-refractivity contribution in [3.05, 3.63) is 46.5 Å². The first-order valence-electron chi connectivity index (χ1n) is 5.34.